The Morgan fingerprint density at radius 1 is 1.19 bits per heavy atom. The van der Waals surface area contributed by atoms with Gasteiger partial charge in [0.2, 0.25) is 0 Å². The Labute approximate surface area is 132 Å². The minimum atomic E-state index is 0.435. The molecule has 3 fully saturated rings. The van der Waals surface area contributed by atoms with Crippen molar-refractivity contribution in [1.82, 2.24) is 10.2 Å². The number of piperazine rings is 1. The molecule has 1 aliphatic heterocycles. The van der Waals surface area contributed by atoms with E-state index in [0.29, 0.717) is 11.1 Å². The van der Waals surface area contributed by atoms with Crippen molar-refractivity contribution in [2.45, 2.75) is 89.6 Å². The molecule has 2 aliphatic carbocycles. The van der Waals surface area contributed by atoms with Crippen molar-refractivity contribution >= 4 is 0 Å². The summed E-state index contributed by atoms with van der Waals surface area (Å²) < 4.78 is 0. The van der Waals surface area contributed by atoms with Crippen molar-refractivity contribution in [3.05, 3.63) is 0 Å². The standard InChI is InChI=1S/C19H36N2/c1-4-8-16(2)13-21-15-19(11-6-5-7-12-19)20-14-18(21,3)17-9-10-17/h16-17,20H,4-15H2,1-3H3. The smallest absolute Gasteiger partial charge is 0.0335 e. The third-order valence-corrected chi connectivity index (χ3v) is 6.62. The molecule has 21 heavy (non-hydrogen) atoms. The number of rotatable bonds is 5. The van der Waals surface area contributed by atoms with E-state index in [1.807, 2.05) is 0 Å². The van der Waals surface area contributed by atoms with Gasteiger partial charge < -0.3 is 5.32 Å². The zero-order valence-corrected chi connectivity index (χ0v) is 14.6. The zero-order valence-electron chi connectivity index (χ0n) is 14.6. The highest BCUT2D eigenvalue weighted by atomic mass is 15.3. The largest absolute Gasteiger partial charge is 0.308 e. The third kappa shape index (κ3) is 3.32. The van der Waals surface area contributed by atoms with Crippen LogP contribution in [0.25, 0.3) is 0 Å². The first-order chi connectivity index (χ1) is 10.1. The summed E-state index contributed by atoms with van der Waals surface area (Å²) in [4.78, 5) is 2.92. The molecule has 1 heterocycles. The van der Waals surface area contributed by atoms with Crippen LogP contribution in [0.1, 0.15) is 78.6 Å². The fraction of sp³-hybridized carbons (Fsp3) is 1.00. The summed E-state index contributed by atoms with van der Waals surface area (Å²) >= 11 is 0. The monoisotopic (exact) mass is 292 g/mol. The lowest BCUT2D eigenvalue weighted by molar-refractivity contribution is -0.0205. The summed E-state index contributed by atoms with van der Waals surface area (Å²) in [7, 11) is 0. The molecular formula is C19H36N2. The number of hydrogen-bond donors (Lipinski definition) is 1. The van der Waals surface area contributed by atoms with Gasteiger partial charge in [0.25, 0.3) is 0 Å². The van der Waals surface area contributed by atoms with Gasteiger partial charge in [-0.25, -0.2) is 0 Å². The van der Waals surface area contributed by atoms with Gasteiger partial charge in [-0.15, -0.1) is 0 Å². The van der Waals surface area contributed by atoms with Crippen molar-refractivity contribution < 1.29 is 0 Å². The number of nitrogens with zero attached hydrogens (tertiary/aromatic N) is 1. The SMILES string of the molecule is CCCC(C)CN1CC2(CCCCC2)NCC1(C)C1CC1. The van der Waals surface area contributed by atoms with Gasteiger partial charge in [-0.05, 0) is 50.9 Å². The minimum Gasteiger partial charge on any atom is -0.308 e. The average molecular weight is 293 g/mol. The van der Waals surface area contributed by atoms with Crippen LogP contribution < -0.4 is 5.32 Å². The molecule has 122 valence electrons. The Morgan fingerprint density at radius 2 is 1.90 bits per heavy atom. The van der Waals surface area contributed by atoms with Crippen LogP contribution in [0.5, 0.6) is 0 Å². The maximum atomic E-state index is 4.04. The molecule has 0 amide bonds. The van der Waals surface area contributed by atoms with Crippen LogP contribution in [0, 0.1) is 11.8 Å². The summed E-state index contributed by atoms with van der Waals surface area (Å²) in [5.74, 6) is 1.81. The van der Waals surface area contributed by atoms with E-state index in [1.165, 1.54) is 77.4 Å². The maximum absolute atomic E-state index is 4.04. The second-order valence-corrected chi connectivity index (χ2v) is 8.60. The van der Waals surface area contributed by atoms with Gasteiger partial charge in [0, 0.05) is 30.7 Å². The van der Waals surface area contributed by atoms with E-state index in [1.54, 1.807) is 0 Å². The molecule has 0 aromatic carbocycles. The summed E-state index contributed by atoms with van der Waals surface area (Å²) in [5.41, 5.74) is 0.892. The molecule has 3 rings (SSSR count). The molecule has 2 unspecified atom stereocenters. The summed E-state index contributed by atoms with van der Waals surface area (Å²) in [6.07, 6.45) is 12.8. The molecule has 0 aromatic heterocycles. The molecule has 2 nitrogen and oxygen atoms in total. The Bertz CT molecular complexity index is 343. The minimum absolute atomic E-state index is 0.435. The molecule has 0 radical (unpaired) electrons. The first kappa shape index (κ1) is 15.8. The van der Waals surface area contributed by atoms with Crippen molar-refractivity contribution in [3.63, 3.8) is 0 Å². The van der Waals surface area contributed by atoms with Gasteiger partial charge >= 0.3 is 0 Å². The third-order valence-electron chi connectivity index (χ3n) is 6.62. The number of hydrogen-bond acceptors (Lipinski definition) is 2. The molecular weight excluding hydrogens is 256 g/mol. The summed E-state index contributed by atoms with van der Waals surface area (Å²) in [5, 5.41) is 4.04. The van der Waals surface area contributed by atoms with E-state index < -0.39 is 0 Å². The molecule has 0 aromatic rings. The highest BCUT2D eigenvalue weighted by Gasteiger charge is 2.51. The van der Waals surface area contributed by atoms with E-state index in [4.69, 9.17) is 0 Å². The lowest BCUT2D eigenvalue weighted by Crippen LogP contribution is -2.70. The Balaban J connectivity index is 1.71. The molecule has 3 aliphatic rings. The highest BCUT2D eigenvalue weighted by Crippen LogP contribution is 2.46. The van der Waals surface area contributed by atoms with Crippen molar-refractivity contribution in [3.8, 4) is 0 Å². The van der Waals surface area contributed by atoms with Crippen molar-refractivity contribution in [2.75, 3.05) is 19.6 Å². The molecule has 2 atom stereocenters. The first-order valence-electron chi connectivity index (χ1n) is 9.58. The molecule has 1 spiro atoms. The quantitative estimate of drug-likeness (QED) is 0.817. The van der Waals surface area contributed by atoms with Gasteiger partial charge in [0.15, 0.2) is 0 Å². The zero-order chi connectivity index (χ0) is 14.9. The van der Waals surface area contributed by atoms with Gasteiger partial charge in [-0.1, -0.05) is 39.5 Å². The fourth-order valence-corrected chi connectivity index (χ4v) is 4.98. The summed E-state index contributed by atoms with van der Waals surface area (Å²) in [6, 6.07) is 0. The van der Waals surface area contributed by atoms with Crippen molar-refractivity contribution in [1.29, 1.82) is 0 Å². The Hall–Kier alpha value is -0.0800. The van der Waals surface area contributed by atoms with E-state index in [9.17, 15) is 0 Å². The second-order valence-electron chi connectivity index (χ2n) is 8.60. The molecule has 1 saturated heterocycles. The topological polar surface area (TPSA) is 15.3 Å². The Kier molecular flexibility index (Phi) is 4.66. The van der Waals surface area contributed by atoms with E-state index in [0.717, 1.165) is 11.8 Å². The van der Waals surface area contributed by atoms with Crippen LogP contribution in [0.4, 0.5) is 0 Å². The van der Waals surface area contributed by atoms with Crippen LogP contribution in [0.15, 0.2) is 0 Å². The lowest BCUT2D eigenvalue weighted by Gasteiger charge is -2.55. The summed E-state index contributed by atoms with van der Waals surface area (Å²) in [6.45, 7) is 11.2. The van der Waals surface area contributed by atoms with E-state index in [2.05, 4.69) is 31.0 Å². The molecule has 2 saturated carbocycles. The van der Waals surface area contributed by atoms with Crippen LogP contribution in [-0.4, -0.2) is 35.6 Å². The molecule has 0 bridgehead atoms. The fourth-order valence-electron chi connectivity index (χ4n) is 4.98. The normalized spacial score (nSPS) is 35.0. The van der Waals surface area contributed by atoms with E-state index >= 15 is 0 Å². The predicted octanol–water partition coefficient (Wildman–Crippen LogP) is 4.20. The van der Waals surface area contributed by atoms with Crippen LogP contribution in [0.2, 0.25) is 0 Å². The first-order valence-corrected chi connectivity index (χ1v) is 9.58. The lowest BCUT2D eigenvalue weighted by atomic mass is 9.76. The molecule has 1 N–H and O–H groups in total. The van der Waals surface area contributed by atoms with Crippen molar-refractivity contribution in [2.24, 2.45) is 11.8 Å². The average Bonchev–Trinajstić information content (AvgIpc) is 3.30. The number of nitrogens with one attached hydrogen (secondary N) is 1. The highest BCUT2D eigenvalue weighted by molar-refractivity contribution is 5.09. The Morgan fingerprint density at radius 3 is 2.52 bits per heavy atom. The van der Waals surface area contributed by atoms with Crippen LogP contribution in [-0.2, 0) is 0 Å². The second kappa shape index (κ2) is 6.20. The van der Waals surface area contributed by atoms with E-state index in [-0.39, 0.29) is 0 Å². The van der Waals surface area contributed by atoms with Crippen LogP contribution in [0.3, 0.4) is 0 Å². The van der Waals surface area contributed by atoms with Gasteiger partial charge in [-0.3, -0.25) is 4.90 Å². The predicted molar refractivity (Wildman–Crippen MR) is 90.6 cm³/mol. The van der Waals surface area contributed by atoms with Gasteiger partial charge in [-0.2, -0.15) is 0 Å². The maximum Gasteiger partial charge on any atom is 0.0335 e. The molecule has 2 heteroatoms. The van der Waals surface area contributed by atoms with Gasteiger partial charge in [0.05, 0.1) is 0 Å². The van der Waals surface area contributed by atoms with Gasteiger partial charge in [0.1, 0.15) is 0 Å². The van der Waals surface area contributed by atoms with Crippen LogP contribution >= 0.6 is 0 Å².